The van der Waals surface area contributed by atoms with Crippen molar-refractivity contribution < 1.29 is 61.3 Å². The molecular formula is C7H6KO2+. The van der Waals surface area contributed by atoms with Crippen molar-refractivity contribution >= 4 is 6.29 Å². The normalized spacial score (nSPS) is 8.00. The Balaban J connectivity index is 0.000000810. The summed E-state index contributed by atoms with van der Waals surface area (Å²) in [5.41, 5.74) is 0.331. The van der Waals surface area contributed by atoms with E-state index in [4.69, 9.17) is 5.11 Å². The Morgan fingerprint density at radius 2 is 1.90 bits per heavy atom. The fourth-order valence-corrected chi connectivity index (χ4v) is 0.587. The van der Waals surface area contributed by atoms with Gasteiger partial charge in [-0.05, 0) is 12.1 Å². The molecule has 3 heteroatoms. The van der Waals surface area contributed by atoms with E-state index >= 15 is 0 Å². The van der Waals surface area contributed by atoms with Crippen LogP contribution in [0.15, 0.2) is 24.3 Å². The van der Waals surface area contributed by atoms with Crippen molar-refractivity contribution in [3.05, 3.63) is 29.8 Å². The number of hydrogen-bond donors (Lipinski definition) is 1. The van der Waals surface area contributed by atoms with Gasteiger partial charge in [-0.25, -0.2) is 0 Å². The molecule has 0 aliphatic heterocycles. The third-order valence-electron chi connectivity index (χ3n) is 1.06. The number of phenolic OH excluding ortho intramolecular Hbond substituents is 1. The number of rotatable bonds is 1. The average molecular weight is 161 g/mol. The van der Waals surface area contributed by atoms with E-state index in [0.717, 1.165) is 0 Å². The van der Waals surface area contributed by atoms with Crippen molar-refractivity contribution in [1.82, 2.24) is 0 Å². The van der Waals surface area contributed by atoms with Crippen LogP contribution in [-0.4, -0.2) is 11.4 Å². The molecule has 0 radical (unpaired) electrons. The van der Waals surface area contributed by atoms with Crippen LogP contribution in [0.5, 0.6) is 5.75 Å². The fourth-order valence-electron chi connectivity index (χ4n) is 0.587. The maximum atomic E-state index is 10.1. The zero-order valence-electron chi connectivity index (χ0n) is 5.74. The van der Waals surface area contributed by atoms with Crippen LogP contribution in [0, 0.1) is 0 Å². The summed E-state index contributed by atoms with van der Waals surface area (Å²) in [6.07, 6.45) is 0.620. The molecule has 0 spiro atoms. The van der Waals surface area contributed by atoms with Gasteiger partial charge in [0.1, 0.15) is 5.75 Å². The van der Waals surface area contributed by atoms with E-state index in [1.54, 1.807) is 18.2 Å². The summed E-state index contributed by atoms with van der Waals surface area (Å²) in [4.78, 5) is 10.1. The first-order chi connectivity index (χ1) is 4.34. The smallest absolute Gasteiger partial charge is 0.507 e. The van der Waals surface area contributed by atoms with Gasteiger partial charge in [-0.3, -0.25) is 4.79 Å². The predicted molar refractivity (Wildman–Crippen MR) is 33.5 cm³/mol. The summed E-state index contributed by atoms with van der Waals surface area (Å²) in [5, 5.41) is 8.88. The van der Waals surface area contributed by atoms with Crippen LogP contribution in [0.25, 0.3) is 0 Å². The largest absolute Gasteiger partial charge is 1.00 e. The number of benzene rings is 1. The van der Waals surface area contributed by atoms with E-state index < -0.39 is 0 Å². The molecule has 0 fully saturated rings. The zero-order chi connectivity index (χ0) is 6.69. The molecule has 0 bridgehead atoms. The van der Waals surface area contributed by atoms with E-state index in [9.17, 15) is 4.79 Å². The molecule has 0 aliphatic rings. The SMILES string of the molecule is O=Cc1ccccc1O.[K+]. The van der Waals surface area contributed by atoms with Gasteiger partial charge in [-0.2, -0.15) is 0 Å². The van der Waals surface area contributed by atoms with Gasteiger partial charge in [0.05, 0.1) is 5.56 Å². The van der Waals surface area contributed by atoms with Gasteiger partial charge in [0.15, 0.2) is 6.29 Å². The first kappa shape index (κ1) is 10.3. The van der Waals surface area contributed by atoms with Crippen LogP contribution in [-0.2, 0) is 0 Å². The van der Waals surface area contributed by atoms with Crippen molar-refractivity contribution in [2.45, 2.75) is 0 Å². The second kappa shape index (κ2) is 5.04. The third kappa shape index (κ3) is 2.52. The molecule has 10 heavy (non-hydrogen) atoms. The third-order valence-corrected chi connectivity index (χ3v) is 1.06. The molecule has 0 atom stereocenters. The first-order valence-corrected chi connectivity index (χ1v) is 2.58. The maximum absolute atomic E-state index is 10.1. The molecule has 1 N–H and O–H groups in total. The van der Waals surface area contributed by atoms with Gasteiger partial charge < -0.3 is 5.11 Å². The van der Waals surface area contributed by atoms with Gasteiger partial charge in [0.2, 0.25) is 0 Å². The second-order valence-corrected chi connectivity index (χ2v) is 1.68. The number of carbonyl (C=O) groups is 1. The number of phenols is 1. The van der Waals surface area contributed by atoms with Gasteiger partial charge >= 0.3 is 51.4 Å². The van der Waals surface area contributed by atoms with Crippen molar-refractivity contribution in [1.29, 1.82) is 0 Å². The maximum Gasteiger partial charge on any atom is 1.00 e. The van der Waals surface area contributed by atoms with Crippen LogP contribution in [0.3, 0.4) is 0 Å². The van der Waals surface area contributed by atoms with Gasteiger partial charge in [-0.1, -0.05) is 12.1 Å². The van der Waals surface area contributed by atoms with Crippen molar-refractivity contribution in [2.24, 2.45) is 0 Å². The Bertz CT molecular complexity index is 223. The molecule has 2 nitrogen and oxygen atoms in total. The van der Waals surface area contributed by atoms with E-state index in [2.05, 4.69) is 0 Å². The molecule has 1 aromatic carbocycles. The molecule has 0 saturated heterocycles. The Kier molecular flexibility index (Phi) is 5.20. The van der Waals surface area contributed by atoms with E-state index in [1.807, 2.05) is 0 Å². The monoisotopic (exact) mass is 161 g/mol. The molecule has 0 heterocycles. The second-order valence-electron chi connectivity index (χ2n) is 1.68. The molecule has 1 rings (SSSR count). The van der Waals surface area contributed by atoms with Crippen LogP contribution in [0.4, 0.5) is 0 Å². The summed E-state index contributed by atoms with van der Waals surface area (Å²) >= 11 is 0. The topological polar surface area (TPSA) is 37.3 Å². The minimum atomic E-state index is 0. The van der Waals surface area contributed by atoms with Crippen LogP contribution < -0.4 is 51.4 Å². The van der Waals surface area contributed by atoms with Crippen LogP contribution in [0.2, 0.25) is 0 Å². The molecule has 0 aromatic heterocycles. The van der Waals surface area contributed by atoms with Crippen molar-refractivity contribution in [3.8, 4) is 5.75 Å². The molecule has 0 aliphatic carbocycles. The number of aromatic hydroxyl groups is 1. The van der Waals surface area contributed by atoms with E-state index in [-0.39, 0.29) is 57.1 Å². The number of carbonyl (C=O) groups excluding carboxylic acids is 1. The van der Waals surface area contributed by atoms with Crippen LogP contribution >= 0.6 is 0 Å². The summed E-state index contributed by atoms with van der Waals surface area (Å²) in [5.74, 6) is 0.0347. The van der Waals surface area contributed by atoms with Crippen LogP contribution in [0.1, 0.15) is 10.4 Å². The molecule has 46 valence electrons. The first-order valence-electron chi connectivity index (χ1n) is 2.58. The molecule has 0 amide bonds. The quantitative estimate of drug-likeness (QED) is 0.390. The summed E-state index contributed by atoms with van der Waals surface area (Å²) in [7, 11) is 0. The van der Waals surface area contributed by atoms with Crippen molar-refractivity contribution in [3.63, 3.8) is 0 Å². The summed E-state index contributed by atoms with van der Waals surface area (Å²) < 4.78 is 0. The molecule has 1 aromatic rings. The van der Waals surface area contributed by atoms with Gasteiger partial charge in [0, 0.05) is 0 Å². The summed E-state index contributed by atoms with van der Waals surface area (Å²) in [6, 6.07) is 6.40. The van der Waals surface area contributed by atoms with E-state index in [1.165, 1.54) is 6.07 Å². The predicted octanol–water partition coefficient (Wildman–Crippen LogP) is -1.79. The Morgan fingerprint density at radius 3 is 2.30 bits per heavy atom. The minimum absolute atomic E-state index is 0. The van der Waals surface area contributed by atoms with Gasteiger partial charge in [0.25, 0.3) is 0 Å². The summed E-state index contributed by atoms with van der Waals surface area (Å²) in [6.45, 7) is 0. The Labute approximate surface area is 102 Å². The Hall–Kier alpha value is 0.326. The molecular weight excluding hydrogens is 155 g/mol. The average Bonchev–Trinajstić information content (AvgIpc) is 1.89. The minimum Gasteiger partial charge on any atom is -0.507 e. The Morgan fingerprint density at radius 1 is 1.30 bits per heavy atom. The molecule has 0 unspecified atom stereocenters. The number of aldehydes is 1. The standard InChI is InChI=1S/C7H6O2.K/c8-5-6-3-1-2-4-7(6)9;/h1-5,9H;/q;+1. The fraction of sp³-hybridized carbons (Fsp3) is 0. The number of hydrogen-bond acceptors (Lipinski definition) is 2. The molecule has 0 saturated carbocycles. The van der Waals surface area contributed by atoms with E-state index in [0.29, 0.717) is 11.8 Å². The number of para-hydroxylation sites is 1. The van der Waals surface area contributed by atoms with Crippen molar-refractivity contribution in [2.75, 3.05) is 0 Å². The zero-order valence-corrected chi connectivity index (χ0v) is 8.87. The van der Waals surface area contributed by atoms with Gasteiger partial charge in [-0.15, -0.1) is 0 Å².